The third-order valence-corrected chi connectivity index (χ3v) is 3.70. The van der Waals surface area contributed by atoms with Crippen molar-refractivity contribution in [3.8, 4) is 0 Å². The fraction of sp³-hybridized carbons (Fsp3) is 0.600. The first-order valence-electron chi connectivity index (χ1n) is 6.52. The molecule has 0 radical (unpaired) electrons. The molecule has 0 bridgehead atoms. The Bertz CT molecular complexity index is 371. The van der Waals surface area contributed by atoms with Gasteiger partial charge in [-0.1, -0.05) is 17.7 Å². The van der Waals surface area contributed by atoms with Gasteiger partial charge in [-0.15, -0.1) is 0 Å². The molecule has 1 heterocycles. The molecule has 2 nitrogen and oxygen atoms in total. The summed E-state index contributed by atoms with van der Waals surface area (Å²) in [6.07, 6.45) is 0. The Morgan fingerprint density at radius 2 is 1.76 bits per heavy atom. The van der Waals surface area contributed by atoms with Crippen molar-refractivity contribution >= 4 is 0 Å². The Hall–Kier alpha value is -0.860. The van der Waals surface area contributed by atoms with Crippen LogP contribution < -0.4 is 5.32 Å². The Labute approximate surface area is 105 Å². The lowest BCUT2D eigenvalue weighted by molar-refractivity contribution is 0.218. The van der Waals surface area contributed by atoms with Crippen LogP contribution in [-0.2, 0) is 6.54 Å². The molecule has 0 saturated carbocycles. The highest BCUT2D eigenvalue weighted by molar-refractivity contribution is 5.37. The molecule has 1 aliphatic rings. The number of nitrogens with one attached hydrogen (secondary N) is 1. The molecule has 2 heteroatoms. The molecule has 0 atom stereocenters. The molecule has 1 fully saturated rings. The number of rotatable bonds is 4. The molecular weight excluding hydrogens is 208 g/mol. The van der Waals surface area contributed by atoms with Gasteiger partial charge in [-0.3, -0.25) is 0 Å². The zero-order valence-electron chi connectivity index (χ0n) is 11.5. The Morgan fingerprint density at radius 3 is 2.24 bits per heavy atom. The van der Waals surface area contributed by atoms with E-state index < -0.39 is 0 Å². The smallest absolute Gasteiger partial charge is 0.0236 e. The van der Waals surface area contributed by atoms with Crippen molar-refractivity contribution in [3.05, 3.63) is 34.4 Å². The zero-order chi connectivity index (χ0) is 12.4. The van der Waals surface area contributed by atoms with E-state index in [-0.39, 0.29) is 0 Å². The monoisotopic (exact) mass is 232 g/mol. The maximum Gasteiger partial charge on any atom is 0.0236 e. The van der Waals surface area contributed by atoms with Crippen molar-refractivity contribution < 1.29 is 0 Å². The third-order valence-electron chi connectivity index (χ3n) is 3.70. The zero-order valence-corrected chi connectivity index (χ0v) is 11.5. The summed E-state index contributed by atoms with van der Waals surface area (Å²) in [4.78, 5) is 2.45. The molecule has 0 amide bonds. The average Bonchev–Trinajstić information content (AvgIpc) is 2.17. The van der Waals surface area contributed by atoms with E-state index in [1.165, 1.54) is 41.9 Å². The van der Waals surface area contributed by atoms with Crippen LogP contribution in [0.5, 0.6) is 0 Å². The highest BCUT2D eigenvalue weighted by Gasteiger charge is 2.18. The first kappa shape index (κ1) is 12.6. The second-order valence-corrected chi connectivity index (χ2v) is 5.60. The molecular formula is C15H24N2. The number of nitrogens with zero attached hydrogens (tertiary/aromatic N) is 1. The quantitative estimate of drug-likeness (QED) is 0.856. The molecule has 1 N–H and O–H groups in total. The average molecular weight is 232 g/mol. The van der Waals surface area contributed by atoms with Gasteiger partial charge in [0.05, 0.1) is 0 Å². The number of hydrogen-bond acceptors (Lipinski definition) is 2. The minimum Gasteiger partial charge on any atom is -0.316 e. The van der Waals surface area contributed by atoms with Gasteiger partial charge in [0.25, 0.3) is 0 Å². The van der Waals surface area contributed by atoms with Crippen molar-refractivity contribution in [2.75, 3.05) is 26.7 Å². The maximum atomic E-state index is 3.33. The van der Waals surface area contributed by atoms with E-state index in [0.717, 1.165) is 12.5 Å². The van der Waals surface area contributed by atoms with E-state index in [0.29, 0.717) is 0 Å². The van der Waals surface area contributed by atoms with E-state index in [2.05, 4.69) is 50.2 Å². The van der Waals surface area contributed by atoms with Crippen molar-refractivity contribution in [1.82, 2.24) is 10.2 Å². The Morgan fingerprint density at radius 1 is 1.18 bits per heavy atom. The molecule has 0 aliphatic carbocycles. The number of aryl methyl sites for hydroxylation is 3. The van der Waals surface area contributed by atoms with Gasteiger partial charge in [-0.25, -0.2) is 0 Å². The standard InChI is InChI=1S/C15H24N2/c1-11-5-12(2)15(13(3)6-11)10-17(4)9-14-7-16-8-14/h5-6,14,16H,7-10H2,1-4H3. The van der Waals surface area contributed by atoms with E-state index in [1.807, 2.05) is 0 Å². The van der Waals surface area contributed by atoms with Crippen molar-refractivity contribution in [2.24, 2.45) is 5.92 Å². The van der Waals surface area contributed by atoms with Crippen LogP contribution in [0.25, 0.3) is 0 Å². The highest BCUT2D eigenvalue weighted by atomic mass is 15.1. The second-order valence-electron chi connectivity index (χ2n) is 5.60. The van der Waals surface area contributed by atoms with E-state index in [4.69, 9.17) is 0 Å². The normalized spacial score (nSPS) is 16.3. The molecule has 0 spiro atoms. The number of benzene rings is 1. The Balaban J connectivity index is 2.01. The first-order chi connectivity index (χ1) is 8.06. The summed E-state index contributed by atoms with van der Waals surface area (Å²) < 4.78 is 0. The van der Waals surface area contributed by atoms with E-state index >= 15 is 0 Å². The third kappa shape index (κ3) is 3.08. The van der Waals surface area contributed by atoms with E-state index in [9.17, 15) is 0 Å². The highest BCUT2D eigenvalue weighted by Crippen LogP contribution is 2.18. The van der Waals surface area contributed by atoms with Crippen LogP contribution in [0.15, 0.2) is 12.1 Å². The lowest BCUT2D eigenvalue weighted by Gasteiger charge is -2.31. The van der Waals surface area contributed by atoms with Gasteiger partial charge in [0.2, 0.25) is 0 Å². The minimum atomic E-state index is 0.853. The molecule has 1 aromatic rings. The van der Waals surface area contributed by atoms with Crippen LogP contribution in [0.4, 0.5) is 0 Å². The SMILES string of the molecule is Cc1cc(C)c(CN(C)CC2CNC2)c(C)c1. The van der Waals surface area contributed by atoms with Crippen LogP contribution >= 0.6 is 0 Å². The summed E-state index contributed by atoms with van der Waals surface area (Å²) in [5.41, 5.74) is 5.74. The topological polar surface area (TPSA) is 15.3 Å². The van der Waals surface area contributed by atoms with Gasteiger partial charge < -0.3 is 10.2 Å². The minimum absolute atomic E-state index is 0.853. The first-order valence-corrected chi connectivity index (χ1v) is 6.52. The summed E-state index contributed by atoms with van der Waals surface area (Å²) in [7, 11) is 2.23. The molecule has 2 rings (SSSR count). The second kappa shape index (κ2) is 5.19. The van der Waals surface area contributed by atoms with Crippen molar-refractivity contribution in [3.63, 3.8) is 0 Å². The van der Waals surface area contributed by atoms with Crippen LogP contribution in [0.3, 0.4) is 0 Å². The molecule has 17 heavy (non-hydrogen) atoms. The fourth-order valence-electron chi connectivity index (χ4n) is 2.71. The molecule has 0 aromatic heterocycles. The van der Waals surface area contributed by atoms with Crippen LogP contribution in [0.2, 0.25) is 0 Å². The molecule has 1 aliphatic heterocycles. The van der Waals surface area contributed by atoms with Crippen molar-refractivity contribution in [2.45, 2.75) is 27.3 Å². The van der Waals surface area contributed by atoms with Gasteiger partial charge >= 0.3 is 0 Å². The predicted octanol–water partition coefficient (Wildman–Crippen LogP) is 2.26. The lowest BCUT2D eigenvalue weighted by Crippen LogP contribution is -2.47. The number of hydrogen-bond donors (Lipinski definition) is 1. The summed E-state index contributed by atoms with van der Waals surface area (Å²) in [5, 5.41) is 3.33. The molecule has 94 valence electrons. The summed E-state index contributed by atoms with van der Waals surface area (Å²) in [5.74, 6) is 0.853. The summed E-state index contributed by atoms with van der Waals surface area (Å²) >= 11 is 0. The Kier molecular flexibility index (Phi) is 3.85. The largest absolute Gasteiger partial charge is 0.316 e. The van der Waals surface area contributed by atoms with Crippen LogP contribution in [-0.4, -0.2) is 31.6 Å². The fourth-order valence-corrected chi connectivity index (χ4v) is 2.71. The van der Waals surface area contributed by atoms with Crippen LogP contribution in [0, 0.1) is 26.7 Å². The van der Waals surface area contributed by atoms with Crippen molar-refractivity contribution in [1.29, 1.82) is 0 Å². The summed E-state index contributed by atoms with van der Waals surface area (Å²) in [6.45, 7) is 11.3. The molecule has 1 aromatic carbocycles. The molecule has 0 unspecified atom stereocenters. The van der Waals surface area contributed by atoms with E-state index in [1.54, 1.807) is 0 Å². The van der Waals surface area contributed by atoms with Crippen LogP contribution in [0.1, 0.15) is 22.3 Å². The van der Waals surface area contributed by atoms with Gasteiger partial charge in [0.15, 0.2) is 0 Å². The maximum absolute atomic E-state index is 3.33. The predicted molar refractivity (Wildman–Crippen MR) is 73.3 cm³/mol. The lowest BCUT2D eigenvalue weighted by atomic mass is 9.98. The van der Waals surface area contributed by atoms with Gasteiger partial charge in [-0.2, -0.15) is 0 Å². The van der Waals surface area contributed by atoms with Gasteiger partial charge in [0.1, 0.15) is 0 Å². The summed E-state index contributed by atoms with van der Waals surface area (Å²) in [6, 6.07) is 4.59. The molecule has 1 saturated heterocycles. The van der Waals surface area contributed by atoms with Gasteiger partial charge in [0, 0.05) is 26.2 Å². The van der Waals surface area contributed by atoms with Gasteiger partial charge in [-0.05, 0) is 50.4 Å².